The lowest BCUT2D eigenvalue weighted by atomic mass is 10.2. The van der Waals surface area contributed by atoms with Gasteiger partial charge in [-0.15, -0.1) is 10.2 Å². The topological polar surface area (TPSA) is 94.3 Å². The number of ether oxygens (including phenoxy) is 1. The van der Waals surface area contributed by atoms with Crippen molar-refractivity contribution in [3.63, 3.8) is 0 Å². The van der Waals surface area contributed by atoms with E-state index in [1.54, 1.807) is 6.08 Å². The van der Waals surface area contributed by atoms with Crippen LogP contribution in [0.4, 0.5) is 0 Å². The van der Waals surface area contributed by atoms with E-state index in [4.69, 9.17) is 9.15 Å². The van der Waals surface area contributed by atoms with E-state index in [0.29, 0.717) is 5.89 Å². The maximum atomic E-state index is 11.8. The predicted molar refractivity (Wildman–Crippen MR) is 103 cm³/mol. The first kappa shape index (κ1) is 19.0. The fourth-order valence-electron chi connectivity index (χ4n) is 2.31. The molecule has 1 amide bonds. The Morgan fingerprint density at radius 2 is 1.71 bits per heavy atom. The summed E-state index contributed by atoms with van der Waals surface area (Å²) in [6.07, 6.45) is 3.17. The summed E-state index contributed by atoms with van der Waals surface area (Å²) in [5.74, 6) is -0.168. The van der Waals surface area contributed by atoms with Gasteiger partial charge in [-0.2, -0.15) is 0 Å². The molecular formula is C21H19N3O4. The third-order valence-electron chi connectivity index (χ3n) is 3.70. The van der Waals surface area contributed by atoms with Crippen molar-refractivity contribution < 1.29 is 18.7 Å². The molecule has 0 fully saturated rings. The molecule has 3 rings (SSSR count). The summed E-state index contributed by atoms with van der Waals surface area (Å²) in [7, 11) is 0. The lowest BCUT2D eigenvalue weighted by Gasteiger charge is -2.03. The molecule has 0 saturated carbocycles. The highest BCUT2D eigenvalue weighted by Crippen LogP contribution is 2.17. The van der Waals surface area contributed by atoms with Crippen LogP contribution in [0.3, 0.4) is 0 Å². The number of carbonyl (C=O) groups excluding carboxylic acids is 2. The van der Waals surface area contributed by atoms with Crippen LogP contribution in [0.15, 0.2) is 71.2 Å². The molecule has 0 bridgehead atoms. The van der Waals surface area contributed by atoms with E-state index in [1.165, 1.54) is 6.08 Å². The minimum atomic E-state index is -0.466. The SMILES string of the molecule is O=C(/C=C/c1ccccc1)NCCC(=O)OCc1nnc(-c2ccccc2)o1. The quantitative estimate of drug-likeness (QED) is 0.479. The van der Waals surface area contributed by atoms with Crippen molar-refractivity contribution >= 4 is 18.0 Å². The van der Waals surface area contributed by atoms with Crippen LogP contribution in [0.2, 0.25) is 0 Å². The van der Waals surface area contributed by atoms with E-state index in [1.807, 2.05) is 60.7 Å². The number of hydrogen-bond donors (Lipinski definition) is 1. The Morgan fingerprint density at radius 1 is 1.00 bits per heavy atom. The van der Waals surface area contributed by atoms with Crippen LogP contribution >= 0.6 is 0 Å². The predicted octanol–water partition coefficient (Wildman–Crippen LogP) is 3.00. The molecule has 7 heteroatoms. The Hall–Kier alpha value is -3.74. The summed E-state index contributed by atoms with van der Waals surface area (Å²) >= 11 is 0. The number of esters is 1. The molecule has 0 saturated heterocycles. The molecular weight excluding hydrogens is 358 g/mol. The Labute approximate surface area is 162 Å². The fraction of sp³-hybridized carbons (Fsp3) is 0.143. The van der Waals surface area contributed by atoms with E-state index in [-0.39, 0.29) is 31.4 Å². The van der Waals surface area contributed by atoms with E-state index in [0.717, 1.165) is 11.1 Å². The van der Waals surface area contributed by atoms with Gasteiger partial charge in [0.2, 0.25) is 11.8 Å². The van der Waals surface area contributed by atoms with Gasteiger partial charge in [0, 0.05) is 18.2 Å². The number of hydrogen-bond acceptors (Lipinski definition) is 6. The molecule has 0 spiro atoms. The van der Waals surface area contributed by atoms with E-state index < -0.39 is 5.97 Å². The van der Waals surface area contributed by atoms with Gasteiger partial charge in [-0.3, -0.25) is 9.59 Å². The molecule has 0 aliphatic rings. The Bertz CT molecular complexity index is 937. The van der Waals surface area contributed by atoms with Crippen LogP contribution in [0.25, 0.3) is 17.5 Å². The number of benzene rings is 2. The second-order valence-electron chi connectivity index (χ2n) is 5.81. The van der Waals surface area contributed by atoms with Crippen molar-refractivity contribution in [3.8, 4) is 11.5 Å². The minimum absolute atomic E-state index is 0.0462. The smallest absolute Gasteiger partial charge is 0.308 e. The van der Waals surface area contributed by atoms with Gasteiger partial charge in [-0.1, -0.05) is 48.5 Å². The summed E-state index contributed by atoms with van der Waals surface area (Å²) in [5.41, 5.74) is 1.71. The van der Waals surface area contributed by atoms with Gasteiger partial charge < -0.3 is 14.5 Å². The largest absolute Gasteiger partial charge is 0.456 e. The van der Waals surface area contributed by atoms with E-state index >= 15 is 0 Å². The molecule has 2 aromatic carbocycles. The van der Waals surface area contributed by atoms with Gasteiger partial charge in [-0.25, -0.2) is 0 Å². The molecule has 0 aliphatic carbocycles. The lowest BCUT2D eigenvalue weighted by Crippen LogP contribution is -2.24. The van der Waals surface area contributed by atoms with Crippen molar-refractivity contribution in [2.75, 3.05) is 6.54 Å². The highest BCUT2D eigenvalue weighted by Gasteiger charge is 2.11. The molecule has 28 heavy (non-hydrogen) atoms. The molecule has 7 nitrogen and oxygen atoms in total. The lowest BCUT2D eigenvalue weighted by molar-refractivity contribution is -0.145. The zero-order chi connectivity index (χ0) is 19.6. The van der Waals surface area contributed by atoms with Crippen molar-refractivity contribution in [1.29, 1.82) is 0 Å². The van der Waals surface area contributed by atoms with Gasteiger partial charge >= 0.3 is 5.97 Å². The number of aromatic nitrogens is 2. The average molecular weight is 377 g/mol. The number of amides is 1. The zero-order valence-corrected chi connectivity index (χ0v) is 15.1. The number of nitrogens with zero attached hydrogens (tertiary/aromatic N) is 2. The summed E-state index contributed by atoms with van der Waals surface area (Å²) in [5, 5.41) is 10.4. The second-order valence-corrected chi connectivity index (χ2v) is 5.81. The van der Waals surface area contributed by atoms with Gasteiger partial charge in [-0.05, 0) is 23.8 Å². The molecule has 142 valence electrons. The fourth-order valence-corrected chi connectivity index (χ4v) is 2.31. The second kappa shape index (κ2) is 9.82. The zero-order valence-electron chi connectivity index (χ0n) is 15.1. The first-order valence-corrected chi connectivity index (χ1v) is 8.75. The van der Waals surface area contributed by atoms with Crippen LogP contribution in [0, 0.1) is 0 Å². The van der Waals surface area contributed by atoms with Crippen LogP contribution < -0.4 is 5.32 Å². The number of nitrogens with one attached hydrogen (secondary N) is 1. The molecule has 0 unspecified atom stereocenters. The Balaban J connectivity index is 1.36. The number of carbonyl (C=O) groups is 2. The highest BCUT2D eigenvalue weighted by atomic mass is 16.5. The van der Waals surface area contributed by atoms with Crippen LogP contribution in [0.1, 0.15) is 17.9 Å². The number of rotatable bonds is 8. The Kier molecular flexibility index (Phi) is 6.67. The monoisotopic (exact) mass is 377 g/mol. The van der Waals surface area contributed by atoms with Crippen LogP contribution in [-0.4, -0.2) is 28.6 Å². The third-order valence-corrected chi connectivity index (χ3v) is 3.70. The minimum Gasteiger partial charge on any atom is -0.456 e. The average Bonchev–Trinajstić information content (AvgIpc) is 3.21. The normalized spacial score (nSPS) is 10.7. The van der Waals surface area contributed by atoms with Crippen molar-refractivity contribution in [2.24, 2.45) is 0 Å². The molecule has 1 heterocycles. The summed E-state index contributed by atoms with van der Waals surface area (Å²) < 4.78 is 10.5. The molecule has 0 atom stereocenters. The molecule has 3 aromatic rings. The van der Waals surface area contributed by atoms with Crippen LogP contribution in [0.5, 0.6) is 0 Å². The van der Waals surface area contributed by atoms with Gasteiger partial charge in [0.15, 0.2) is 6.61 Å². The maximum absolute atomic E-state index is 11.8. The standard InChI is InChI=1S/C21H19N3O4/c25-18(12-11-16-7-3-1-4-8-16)22-14-13-20(26)27-15-19-23-24-21(28-19)17-9-5-2-6-10-17/h1-12H,13-15H2,(H,22,25)/b12-11+. The van der Waals surface area contributed by atoms with E-state index in [9.17, 15) is 9.59 Å². The van der Waals surface area contributed by atoms with Crippen molar-refractivity contribution in [3.05, 3.63) is 78.2 Å². The third kappa shape index (κ3) is 5.91. The highest BCUT2D eigenvalue weighted by molar-refractivity contribution is 5.91. The molecule has 0 aliphatic heterocycles. The first-order chi connectivity index (χ1) is 13.7. The van der Waals surface area contributed by atoms with Crippen molar-refractivity contribution in [2.45, 2.75) is 13.0 Å². The van der Waals surface area contributed by atoms with Crippen molar-refractivity contribution in [1.82, 2.24) is 15.5 Å². The van der Waals surface area contributed by atoms with Gasteiger partial charge in [0.05, 0.1) is 6.42 Å². The molecule has 1 N–H and O–H groups in total. The molecule has 1 aromatic heterocycles. The Morgan fingerprint density at radius 3 is 2.46 bits per heavy atom. The summed E-state index contributed by atoms with van der Waals surface area (Å²) in [4.78, 5) is 23.5. The maximum Gasteiger partial charge on any atom is 0.308 e. The summed E-state index contributed by atoms with van der Waals surface area (Å²) in [6.45, 7) is 0.0659. The first-order valence-electron chi connectivity index (χ1n) is 8.75. The van der Waals surface area contributed by atoms with Gasteiger partial charge in [0.25, 0.3) is 5.89 Å². The summed E-state index contributed by atoms with van der Waals surface area (Å²) in [6, 6.07) is 18.8. The van der Waals surface area contributed by atoms with Crippen LogP contribution in [-0.2, 0) is 20.9 Å². The molecule has 0 radical (unpaired) electrons. The van der Waals surface area contributed by atoms with E-state index in [2.05, 4.69) is 15.5 Å². The van der Waals surface area contributed by atoms with Gasteiger partial charge in [0.1, 0.15) is 0 Å².